The molecule has 0 aliphatic carbocycles. The van der Waals surface area contributed by atoms with Crippen LogP contribution in [0, 0.1) is 0 Å². The highest BCUT2D eigenvalue weighted by molar-refractivity contribution is 6.13. The van der Waals surface area contributed by atoms with Gasteiger partial charge in [0.25, 0.3) is 17.7 Å². The number of pyridine rings is 2. The molecule has 158 valence electrons. The topological polar surface area (TPSA) is 104 Å². The van der Waals surface area contributed by atoms with Crippen molar-refractivity contribution in [3.05, 3.63) is 60.4 Å². The summed E-state index contributed by atoms with van der Waals surface area (Å²) in [6.45, 7) is 1.70. The molecular weight excluding hydrogens is 398 g/mol. The number of imide groups is 1. The number of hydrogen-bond acceptors (Lipinski definition) is 6. The summed E-state index contributed by atoms with van der Waals surface area (Å²) in [7, 11) is 0. The lowest BCUT2D eigenvalue weighted by Gasteiger charge is -2.35. The Kier molecular flexibility index (Phi) is 5.83. The molecule has 31 heavy (non-hydrogen) atoms. The van der Waals surface area contributed by atoms with E-state index in [9.17, 15) is 19.2 Å². The molecule has 4 heterocycles. The highest BCUT2D eigenvalue weighted by Crippen LogP contribution is 2.17. The molecule has 0 atom stereocenters. The van der Waals surface area contributed by atoms with E-state index in [4.69, 9.17) is 0 Å². The Morgan fingerprint density at radius 3 is 2.19 bits per heavy atom. The molecule has 2 aliphatic heterocycles. The molecule has 0 saturated carbocycles. The zero-order valence-electron chi connectivity index (χ0n) is 16.8. The fourth-order valence-electron chi connectivity index (χ4n) is 3.58. The molecule has 2 aromatic rings. The van der Waals surface area contributed by atoms with Crippen LogP contribution in [-0.4, -0.2) is 81.0 Å². The highest BCUT2D eigenvalue weighted by Gasteiger charge is 2.27. The predicted octanol–water partition coefficient (Wildman–Crippen LogP) is 0.743. The minimum Gasteiger partial charge on any atom is -0.339 e. The molecule has 0 aromatic carbocycles. The SMILES string of the molecule is O=C(CCN1C(=O)C=CC1=O)N1CCN(C(=O)c2ccnc(-c3ccccn3)c2)CC1. The van der Waals surface area contributed by atoms with Gasteiger partial charge in [-0.3, -0.25) is 34.0 Å². The first-order valence-electron chi connectivity index (χ1n) is 10.0. The number of amides is 4. The molecule has 9 nitrogen and oxygen atoms in total. The van der Waals surface area contributed by atoms with Crippen LogP contribution >= 0.6 is 0 Å². The van der Waals surface area contributed by atoms with Gasteiger partial charge in [0.2, 0.25) is 5.91 Å². The first-order chi connectivity index (χ1) is 15.0. The highest BCUT2D eigenvalue weighted by atomic mass is 16.2. The zero-order valence-corrected chi connectivity index (χ0v) is 16.8. The van der Waals surface area contributed by atoms with Crippen LogP contribution < -0.4 is 0 Å². The van der Waals surface area contributed by atoms with Crippen LogP contribution in [0.4, 0.5) is 0 Å². The van der Waals surface area contributed by atoms with Gasteiger partial charge in [-0.05, 0) is 24.3 Å². The largest absolute Gasteiger partial charge is 0.339 e. The normalized spacial score (nSPS) is 16.2. The molecule has 0 spiro atoms. The van der Waals surface area contributed by atoms with Crippen molar-refractivity contribution in [3.63, 3.8) is 0 Å². The van der Waals surface area contributed by atoms with E-state index >= 15 is 0 Å². The van der Waals surface area contributed by atoms with E-state index in [1.165, 1.54) is 12.2 Å². The van der Waals surface area contributed by atoms with Crippen LogP contribution in [0.25, 0.3) is 11.4 Å². The number of hydrogen-bond donors (Lipinski definition) is 0. The van der Waals surface area contributed by atoms with Gasteiger partial charge < -0.3 is 9.80 Å². The van der Waals surface area contributed by atoms with Crippen molar-refractivity contribution in [1.29, 1.82) is 0 Å². The first-order valence-corrected chi connectivity index (χ1v) is 10.0. The summed E-state index contributed by atoms with van der Waals surface area (Å²) in [5.41, 5.74) is 1.84. The van der Waals surface area contributed by atoms with E-state index in [0.717, 1.165) is 4.90 Å². The van der Waals surface area contributed by atoms with Gasteiger partial charge in [0.05, 0.1) is 11.4 Å². The third-order valence-corrected chi connectivity index (χ3v) is 5.30. The van der Waals surface area contributed by atoms with Gasteiger partial charge in [-0.2, -0.15) is 0 Å². The molecule has 0 unspecified atom stereocenters. The van der Waals surface area contributed by atoms with Crippen molar-refractivity contribution in [1.82, 2.24) is 24.7 Å². The maximum atomic E-state index is 12.9. The minimum absolute atomic E-state index is 0.0654. The third-order valence-electron chi connectivity index (χ3n) is 5.30. The van der Waals surface area contributed by atoms with E-state index in [2.05, 4.69) is 9.97 Å². The van der Waals surface area contributed by atoms with Crippen LogP contribution in [0.5, 0.6) is 0 Å². The summed E-state index contributed by atoms with van der Waals surface area (Å²) in [5, 5.41) is 0. The summed E-state index contributed by atoms with van der Waals surface area (Å²) in [6.07, 6.45) is 5.75. The van der Waals surface area contributed by atoms with Crippen molar-refractivity contribution in [2.24, 2.45) is 0 Å². The minimum atomic E-state index is -0.393. The Balaban J connectivity index is 1.31. The lowest BCUT2D eigenvalue weighted by molar-refractivity contribution is -0.138. The Hall–Kier alpha value is -3.88. The van der Waals surface area contributed by atoms with Crippen LogP contribution in [0.15, 0.2) is 54.9 Å². The van der Waals surface area contributed by atoms with Crippen LogP contribution in [0.3, 0.4) is 0 Å². The van der Waals surface area contributed by atoms with Gasteiger partial charge in [-0.15, -0.1) is 0 Å². The fraction of sp³-hybridized carbons (Fsp3) is 0.273. The quantitative estimate of drug-likeness (QED) is 0.663. The maximum absolute atomic E-state index is 12.9. The number of piperazine rings is 1. The lowest BCUT2D eigenvalue weighted by Crippen LogP contribution is -2.51. The van der Waals surface area contributed by atoms with E-state index in [0.29, 0.717) is 43.1 Å². The molecule has 1 saturated heterocycles. The Morgan fingerprint density at radius 2 is 1.52 bits per heavy atom. The first kappa shape index (κ1) is 20.4. The monoisotopic (exact) mass is 419 g/mol. The molecule has 2 aliphatic rings. The molecule has 0 radical (unpaired) electrons. The predicted molar refractivity (Wildman–Crippen MR) is 110 cm³/mol. The molecule has 9 heteroatoms. The number of rotatable bonds is 5. The lowest BCUT2D eigenvalue weighted by atomic mass is 10.1. The van der Waals surface area contributed by atoms with Gasteiger partial charge >= 0.3 is 0 Å². The average molecular weight is 419 g/mol. The second kappa shape index (κ2) is 8.86. The summed E-state index contributed by atoms with van der Waals surface area (Å²) < 4.78 is 0. The van der Waals surface area contributed by atoms with E-state index in [1.807, 2.05) is 18.2 Å². The Labute approximate surface area is 179 Å². The molecule has 4 amide bonds. The van der Waals surface area contributed by atoms with Crippen molar-refractivity contribution in [2.45, 2.75) is 6.42 Å². The van der Waals surface area contributed by atoms with Gasteiger partial charge in [0.15, 0.2) is 0 Å². The summed E-state index contributed by atoms with van der Waals surface area (Å²) in [4.78, 5) is 61.5. The average Bonchev–Trinajstić information content (AvgIpc) is 3.14. The maximum Gasteiger partial charge on any atom is 0.254 e. The number of nitrogens with zero attached hydrogens (tertiary/aromatic N) is 5. The van der Waals surface area contributed by atoms with Gasteiger partial charge in [0.1, 0.15) is 0 Å². The molecule has 0 N–H and O–H groups in total. The molecule has 1 fully saturated rings. The second-order valence-electron chi connectivity index (χ2n) is 7.23. The third kappa shape index (κ3) is 4.50. The molecule has 4 rings (SSSR count). The van der Waals surface area contributed by atoms with Crippen molar-refractivity contribution >= 4 is 23.6 Å². The summed E-state index contributed by atoms with van der Waals surface area (Å²) >= 11 is 0. The molecular formula is C22H21N5O4. The Morgan fingerprint density at radius 1 is 0.839 bits per heavy atom. The van der Waals surface area contributed by atoms with E-state index in [-0.39, 0.29) is 24.8 Å². The van der Waals surface area contributed by atoms with Crippen molar-refractivity contribution in [2.75, 3.05) is 32.7 Å². The van der Waals surface area contributed by atoms with Crippen LogP contribution in [0.1, 0.15) is 16.8 Å². The van der Waals surface area contributed by atoms with Crippen LogP contribution in [-0.2, 0) is 14.4 Å². The molecule has 0 bridgehead atoms. The number of carbonyl (C=O) groups is 4. The van der Waals surface area contributed by atoms with E-state index in [1.54, 1.807) is 34.3 Å². The molecule has 2 aromatic heterocycles. The number of aromatic nitrogens is 2. The van der Waals surface area contributed by atoms with Crippen molar-refractivity contribution in [3.8, 4) is 11.4 Å². The van der Waals surface area contributed by atoms with Gasteiger partial charge in [-0.1, -0.05) is 6.07 Å². The van der Waals surface area contributed by atoms with Gasteiger partial charge in [-0.25, -0.2) is 0 Å². The van der Waals surface area contributed by atoms with E-state index < -0.39 is 11.8 Å². The number of carbonyl (C=O) groups excluding carboxylic acids is 4. The van der Waals surface area contributed by atoms with Crippen molar-refractivity contribution < 1.29 is 19.2 Å². The van der Waals surface area contributed by atoms with Crippen LogP contribution in [0.2, 0.25) is 0 Å². The van der Waals surface area contributed by atoms with Gasteiger partial charge in [0, 0.05) is 69.3 Å². The Bertz CT molecular complexity index is 1030. The summed E-state index contributed by atoms with van der Waals surface area (Å²) in [6, 6.07) is 8.91. The smallest absolute Gasteiger partial charge is 0.254 e. The fourth-order valence-corrected chi connectivity index (χ4v) is 3.58. The summed E-state index contributed by atoms with van der Waals surface area (Å²) in [5.74, 6) is -1.04. The standard InChI is InChI=1S/C22H21N5O4/c28-19(7-10-27-20(29)4-5-21(27)30)25-11-13-26(14-12-25)22(31)16-6-9-24-18(15-16)17-3-1-2-8-23-17/h1-6,8-9,15H,7,10-14H2. The zero-order chi connectivity index (χ0) is 21.8. The second-order valence-corrected chi connectivity index (χ2v) is 7.23.